The fourth-order valence-electron chi connectivity index (χ4n) is 3.36. The van der Waals surface area contributed by atoms with Gasteiger partial charge in [-0.15, -0.1) is 0 Å². The lowest BCUT2D eigenvalue weighted by atomic mass is 9.99. The highest BCUT2D eigenvalue weighted by Gasteiger charge is 2.68. The Hall–Kier alpha value is -0.570. The van der Waals surface area contributed by atoms with Gasteiger partial charge in [-0.1, -0.05) is 27.7 Å². The van der Waals surface area contributed by atoms with Gasteiger partial charge in [-0.2, -0.15) is 0 Å². The van der Waals surface area contributed by atoms with E-state index in [4.69, 9.17) is 0 Å². The predicted octanol–water partition coefficient (Wildman–Crippen LogP) is 1.93. The van der Waals surface area contributed by atoms with Gasteiger partial charge in [0.2, 0.25) is 5.91 Å². The molecule has 0 spiro atoms. The minimum Gasteiger partial charge on any atom is -0.352 e. The van der Waals surface area contributed by atoms with Crippen molar-refractivity contribution in [3.63, 3.8) is 0 Å². The Bertz CT molecular complexity index is 308. The van der Waals surface area contributed by atoms with Crippen LogP contribution in [0.1, 0.15) is 47.5 Å². The van der Waals surface area contributed by atoms with E-state index in [1.165, 1.54) is 0 Å². The second-order valence-electron chi connectivity index (χ2n) is 6.88. The topological polar surface area (TPSA) is 41.1 Å². The lowest BCUT2D eigenvalue weighted by Crippen LogP contribution is -2.52. The van der Waals surface area contributed by atoms with Crippen molar-refractivity contribution in [3.05, 3.63) is 0 Å². The van der Waals surface area contributed by atoms with Gasteiger partial charge in [0, 0.05) is 18.0 Å². The van der Waals surface area contributed by atoms with Crippen molar-refractivity contribution in [1.82, 2.24) is 10.6 Å². The quantitative estimate of drug-likeness (QED) is 0.772. The number of nitrogens with one attached hydrogen (secondary N) is 2. The van der Waals surface area contributed by atoms with Gasteiger partial charge in [-0.25, -0.2) is 0 Å². The molecule has 1 aliphatic carbocycles. The molecule has 3 nitrogen and oxygen atoms in total. The lowest BCUT2D eigenvalue weighted by Gasteiger charge is -2.31. The maximum atomic E-state index is 12.3. The molecular weight excluding hydrogens is 212 g/mol. The van der Waals surface area contributed by atoms with E-state index in [0.29, 0.717) is 12.1 Å². The van der Waals surface area contributed by atoms with Crippen molar-refractivity contribution in [3.8, 4) is 0 Å². The van der Waals surface area contributed by atoms with Crippen LogP contribution in [0.4, 0.5) is 0 Å². The molecule has 1 saturated heterocycles. The van der Waals surface area contributed by atoms with Gasteiger partial charge in [0.1, 0.15) is 0 Å². The molecule has 2 unspecified atom stereocenters. The minimum absolute atomic E-state index is 0.141. The molecule has 2 aliphatic rings. The van der Waals surface area contributed by atoms with E-state index in [9.17, 15) is 4.79 Å². The first kappa shape index (κ1) is 12.9. The molecule has 0 aromatic heterocycles. The average Bonchev–Trinajstić information content (AvgIpc) is 2.61. The fourth-order valence-corrected chi connectivity index (χ4v) is 3.36. The van der Waals surface area contributed by atoms with Crippen LogP contribution in [-0.4, -0.2) is 24.5 Å². The van der Waals surface area contributed by atoms with Crippen molar-refractivity contribution < 1.29 is 4.79 Å². The Morgan fingerprint density at radius 1 is 1.24 bits per heavy atom. The Labute approximate surface area is 105 Å². The first-order valence-electron chi connectivity index (χ1n) is 6.82. The summed E-state index contributed by atoms with van der Waals surface area (Å²) in [5.74, 6) is 0.421. The molecule has 0 radical (unpaired) electrons. The van der Waals surface area contributed by atoms with Crippen LogP contribution in [0, 0.1) is 16.7 Å². The Kier molecular flexibility index (Phi) is 3.01. The second-order valence-corrected chi connectivity index (χ2v) is 6.88. The molecule has 1 heterocycles. The van der Waals surface area contributed by atoms with E-state index in [1.807, 2.05) is 0 Å². The van der Waals surface area contributed by atoms with Gasteiger partial charge < -0.3 is 10.6 Å². The number of rotatable bonds is 2. The zero-order chi connectivity index (χ0) is 12.8. The van der Waals surface area contributed by atoms with Crippen LogP contribution in [0.2, 0.25) is 0 Å². The normalized spacial score (nSPS) is 35.4. The van der Waals surface area contributed by atoms with Crippen LogP contribution in [0.25, 0.3) is 0 Å². The maximum absolute atomic E-state index is 12.3. The van der Waals surface area contributed by atoms with E-state index < -0.39 is 0 Å². The molecule has 1 amide bonds. The summed E-state index contributed by atoms with van der Waals surface area (Å²) in [6.45, 7) is 12.0. The van der Waals surface area contributed by atoms with Crippen LogP contribution < -0.4 is 10.6 Å². The van der Waals surface area contributed by atoms with Crippen LogP contribution in [0.5, 0.6) is 0 Å². The first-order valence-corrected chi connectivity index (χ1v) is 6.82. The highest BCUT2D eigenvalue weighted by atomic mass is 16.2. The number of hydrogen-bond donors (Lipinski definition) is 2. The van der Waals surface area contributed by atoms with E-state index in [1.54, 1.807) is 0 Å². The summed E-state index contributed by atoms with van der Waals surface area (Å²) < 4.78 is 0. The van der Waals surface area contributed by atoms with E-state index in [2.05, 4.69) is 45.3 Å². The van der Waals surface area contributed by atoms with Crippen molar-refractivity contribution >= 4 is 5.91 Å². The Morgan fingerprint density at radius 2 is 1.82 bits per heavy atom. The van der Waals surface area contributed by atoms with Gasteiger partial charge in [0.25, 0.3) is 0 Å². The fraction of sp³-hybridized carbons (Fsp3) is 0.929. The molecule has 0 aromatic carbocycles. The summed E-state index contributed by atoms with van der Waals surface area (Å²) in [6.07, 6.45) is 2.26. The molecule has 0 aromatic rings. The summed E-state index contributed by atoms with van der Waals surface area (Å²) in [7, 11) is 0. The molecule has 3 heteroatoms. The molecule has 1 aliphatic heterocycles. The van der Waals surface area contributed by atoms with Crippen molar-refractivity contribution in [2.24, 2.45) is 16.7 Å². The standard InChI is InChI=1S/C14H26N2O/c1-9-10(7-6-8-15-9)16-12(17)11-13(2,3)14(11,4)5/h9-11,15H,6-8H2,1-5H3,(H,16,17). The van der Waals surface area contributed by atoms with Crippen LogP contribution in [0.15, 0.2) is 0 Å². The number of piperidine rings is 1. The zero-order valence-electron chi connectivity index (χ0n) is 11.8. The number of carbonyl (C=O) groups is 1. The number of carbonyl (C=O) groups excluding carboxylic acids is 1. The van der Waals surface area contributed by atoms with E-state index in [0.717, 1.165) is 19.4 Å². The molecule has 2 atom stereocenters. The molecule has 98 valence electrons. The molecule has 2 N–H and O–H groups in total. The van der Waals surface area contributed by atoms with E-state index >= 15 is 0 Å². The van der Waals surface area contributed by atoms with Gasteiger partial charge in [-0.3, -0.25) is 4.79 Å². The second kappa shape index (κ2) is 3.98. The van der Waals surface area contributed by atoms with Crippen LogP contribution >= 0.6 is 0 Å². The highest BCUT2D eigenvalue weighted by molar-refractivity contribution is 5.84. The zero-order valence-corrected chi connectivity index (χ0v) is 11.8. The van der Waals surface area contributed by atoms with Gasteiger partial charge in [-0.05, 0) is 37.1 Å². The summed E-state index contributed by atoms with van der Waals surface area (Å²) in [5, 5.41) is 6.66. The first-order chi connectivity index (χ1) is 7.78. The third-order valence-electron chi connectivity index (χ3n) is 5.37. The Balaban J connectivity index is 1.95. The SMILES string of the molecule is CC1NCCCC1NC(=O)C1C(C)(C)C1(C)C. The highest BCUT2D eigenvalue weighted by Crippen LogP contribution is 2.68. The third kappa shape index (κ3) is 1.99. The minimum atomic E-state index is 0.141. The number of hydrogen-bond acceptors (Lipinski definition) is 2. The van der Waals surface area contributed by atoms with Gasteiger partial charge >= 0.3 is 0 Å². The monoisotopic (exact) mass is 238 g/mol. The van der Waals surface area contributed by atoms with Crippen LogP contribution in [0.3, 0.4) is 0 Å². The molecule has 0 bridgehead atoms. The summed E-state index contributed by atoms with van der Waals surface area (Å²) in [4.78, 5) is 12.3. The third-order valence-corrected chi connectivity index (χ3v) is 5.37. The molecule has 17 heavy (non-hydrogen) atoms. The lowest BCUT2D eigenvalue weighted by molar-refractivity contribution is -0.124. The summed E-state index contributed by atoms with van der Waals surface area (Å²) in [6, 6.07) is 0.709. The average molecular weight is 238 g/mol. The van der Waals surface area contributed by atoms with E-state index in [-0.39, 0.29) is 22.7 Å². The van der Waals surface area contributed by atoms with Crippen molar-refractivity contribution in [2.45, 2.75) is 59.5 Å². The van der Waals surface area contributed by atoms with Crippen molar-refractivity contribution in [2.75, 3.05) is 6.54 Å². The molecular formula is C14H26N2O. The van der Waals surface area contributed by atoms with Crippen molar-refractivity contribution in [1.29, 1.82) is 0 Å². The largest absolute Gasteiger partial charge is 0.352 e. The maximum Gasteiger partial charge on any atom is 0.224 e. The molecule has 2 rings (SSSR count). The molecule has 2 fully saturated rings. The number of amides is 1. The summed E-state index contributed by atoms with van der Waals surface area (Å²) in [5.41, 5.74) is 0.283. The Morgan fingerprint density at radius 3 is 2.29 bits per heavy atom. The van der Waals surface area contributed by atoms with Gasteiger partial charge in [0.05, 0.1) is 0 Å². The van der Waals surface area contributed by atoms with Crippen LogP contribution in [-0.2, 0) is 4.79 Å². The summed E-state index contributed by atoms with van der Waals surface area (Å²) >= 11 is 0. The smallest absolute Gasteiger partial charge is 0.224 e. The predicted molar refractivity (Wildman–Crippen MR) is 69.7 cm³/mol. The molecule has 1 saturated carbocycles. The van der Waals surface area contributed by atoms with Gasteiger partial charge in [0.15, 0.2) is 0 Å².